The molecule has 5 nitrogen and oxygen atoms in total. The van der Waals surface area contributed by atoms with Crippen molar-refractivity contribution in [1.82, 2.24) is 15.0 Å². The highest BCUT2D eigenvalue weighted by Crippen LogP contribution is 2.42. The molecule has 0 aromatic carbocycles. The quantitative estimate of drug-likeness (QED) is 0.361. The summed E-state index contributed by atoms with van der Waals surface area (Å²) >= 11 is 1.70. The monoisotopic (exact) mass is 406 g/mol. The largest absolute Gasteiger partial charge is 0.463 e. The molecule has 1 N–H and O–H groups in total. The number of aromatic nitrogens is 3. The first-order chi connectivity index (χ1) is 14.4. The number of pyridine rings is 1. The van der Waals surface area contributed by atoms with Crippen LogP contribution in [0.15, 0.2) is 29.1 Å². The molecule has 1 aliphatic rings. The molecule has 4 aromatic rings. The molecule has 0 atom stereocenters. The number of nitrogens with zero attached hydrogens (tertiary/aromatic N) is 3. The molecule has 4 heterocycles. The molecule has 0 unspecified atom stereocenters. The average Bonchev–Trinajstić information content (AvgIpc) is 3.41. The van der Waals surface area contributed by atoms with Crippen LogP contribution in [0.5, 0.6) is 0 Å². The smallest absolute Gasteiger partial charge is 0.152 e. The summed E-state index contributed by atoms with van der Waals surface area (Å²) in [6.45, 7) is 3.19. The Hall–Kier alpha value is -2.47. The third-order valence-electron chi connectivity index (χ3n) is 5.80. The van der Waals surface area contributed by atoms with E-state index >= 15 is 0 Å². The topological polar surface area (TPSA) is 63.8 Å². The summed E-state index contributed by atoms with van der Waals surface area (Å²) in [5.41, 5.74) is 4.80. The summed E-state index contributed by atoms with van der Waals surface area (Å²) in [6.07, 6.45) is 12.9. The minimum atomic E-state index is 0.864. The van der Waals surface area contributed by atoms with Crippen LogP contribution in [0.3, 0.4) is 0 Å². The average molecular weight is 407 g/mol. The summed E-state index contributed by atoms with van der Waals surface area (Å²) in [4.78, 5) is 15.3. The van der Waals surface area contributed by atoms with Gasteiger partial charge in [-0.1, -0.05) is 26.2 Å². The molecule has 6 heteroatoms. The highest BCUT2D eigenvalue weighted by molar-refractivity contribution is 7.26. The number of anilines is 1. The van der Waals surface area contributed by atoms with Crippen molar-refractivity contribution in [2.45, 2.75) is 58.3 Å². The molecule has 4 aromatic heterocycles. The Bertz CT molecular complexity index is 1130. The van der Waals surface area contributed by atoms with Crippen molar-refractivity contribution < 1.29 is 4.42 Å². The number of thiophene rings is 1. The highest BCUT2D eigenvalue weighted by Gasteiger charge is 2.24. The van der Waals surface area contributed by atoms with Crippen LogP contribution in [-0.4, -0.2) is 21.5 Å². The minimum Gasteiger partial charge on any atom is -0.463 e. The van der Waals surface area contributed by atoms with Gasteiger partial charge in [-0.25, -0.2) is 15.0 Å². The van der Waals surface area contributed by atoms with Gasteiger partial charge in [-0.3, -0.25) is 0 Å². The number of fused-ring (bicyclic) bond motifs is 5. The molecule has 1 aliphatic carbocycles. The normalized spacial score (nSPS) is 13.8. The summed E-state index contributed by atoms with van der Waals surface area (Å²) in [6, 6.07) is 3.95. The van der Waals surface area contributed by atoms with E-state index in [4.69, 9.17) is 9.40 Å². The van der Waals surface area contributed by atoms with E-state index in [1.165, 1.54) is 55.0 Å². The number of aryl methyl sites for hydroxylation is 1. The maximum atomic E-state index is 5.72. The van der Waals surface area contributed by atoms with E-state index in [0.717, 1.165) is 51.7 Å². The number of furan rings is 1. The Kier molecular flexibility index (Phi) is 5.19. The molecule has 150 valence electrons. The van der Waals surface area contributed by atoms with Crippen LogP contribution in [0, 0.1) is 0 Å². The summed E-state index contributed by atoms with van der Waals surface area (Å²) in [7, 11) is 0. The Morgan fingerprint density at radius 2 is 2.00 bits per heavy atom. The molecular weight excluding hydrogens is 380 g/mol. The number of rotatable bonds is 7. The first-order valence-electron chi connectivity index (χ1n) is 10.7. The summed E-state index contributed by atoms with van der Waals surface area (Å²) in [5, 5.41) is 4.77. The van der Waals surface area contributed by atoms with Crippen LogP contribution in [0.1, 0.15) is 56.6 Å². The van der Waals surface area contributed by atoms with E-state index < -0.39 is 0 Å². The minimum absolute atomic E-state index is 0.864. The zero-order chi connectivity index (χ0) is 19.6. The molecular formula is C23H26N4OS. The lowest BCUT2D eigenvalue weighted by molar-refractivity contribution is 0.577. The van der Waals surface area contributed by atoms with E-state index in [1.54, 1.807) is 23.9 Å². The van der Waals surface area contributed by atoms with Gasteiger partial charge in [-0.2, -0.15) is 0 Å². The Labute approximate surface area is 174 Å². The SMILES string of the molecule is CCCCCCNc1ncnc2c1sc1nc(-c3ccco3)c3c(c12)CCCC3. The van der Waals surface area contributed by atoms with Crippen LogP contribution in [0.2, 0.25) is 0 Å². The van der Waals surface area contributed by atoms with Gasteiger partial charge in [0.25, 0.3) is 0 Å². The van der Waals surface area contributed by atoms with Gasteiger partial charge >= 0.3 is 0 Å². The van der Waals surface area contributed by atoms with Crippen LogP contribution >= 0.6 is 11.3 Å². The van der Waals surface area contributed by atoms with Crippen molar-refractivity contribution in [3.05, 3.63) is 35.9 Å². The fraction of sp³-hybridized carbons (Fsp3) is 0.435. The lowest BCUT2D eigenvalue weighted by Gasteiger charge is -2.19. The molecule has 0 saturated carbocycles. The molecule has 0 spiro atoms. The van der Waals surface area contributed by atoms with Crippen LogP contribution in [0.25, 0.3) is 31.9 Å². The molecule has 0 aliphatic heterocycles. The highest BCUT2D eigenvalue weighted by atomic mass is 32.1. The van der Waals surface area contributed by atoms with Gasteiger partial charge in [0.05, 0.1) is 16.5 Å². The molecule has 29 heavy (non-hydrogen) atoms. The Balaban J connectivity index is 1.61. The third-order valence-corrected chi connectivity index (χ3v) is 6.88. The fourth-order valence-corrected chi connectivity index (χ4v) is 5.49. The predicted molar refractivity (Wildman–Crippen MR) is 120 cm³/mol. The molecule has 5 rings (SSSR count). The van der Waals surface area contributed by atoms with Crippen LogP contribution in [-0.2, 0) is 12.8 Å². The second kappa shape index (κ2) is 8.11. The Morgan fingerprint density at radius 1 is 1.10 bits per heavy atom. The zero-order valence-corrected chi connectivity index (χ0v) is 17.6. The fourth-order valence-electron chi connectivity index (χ4n) is 4.36. The first-order valence-corrected chi connectivity index (χ1v) is 11.5. The van der Waals surface area contributed by atoms with Gasteiger partial charge in [0, 0.05) is 11.9 Å². The maximum Gasteiger partial charge on any atom is 0.152 e. The number of hydrogen-bond donors (Lipinski definition) is 1. The standard InChI is InChI=1S/C23H26N4OS/c1-2-3-4-7-12-24-22-21-20(25-14-26-22)18-15-9-5-6-10-16(15)19(27-23(18)29-21)17-11-8-13-28-17/h8,11,13-14H,2-7,9-10,12H2,1H3,(H,24,25,26). The second-order valence-electron chi connectivity index (χ2n) is 7.77. The van der Waals surface area contributed by atoms with E-state index in [9.17, 15) is 0 Å². The van der Waals surface area contributed by atoms with E-state index in [2.05, 4.69) is 22.2 Å². The first kappa shape index (κ1) is 18.6. The van der Waals surface area contributed by atoms with Gasteiger partial charge < -0.3 is 9.73 Å². The number of unbranched alkanes of at least 4 members (excludes halogenated alkanes) is 3. The van der Waals surface area contributed by atoms with Gasteiger partial charge in [0.15, 0.2) is 5.76 Å². The molecule has 0 saturated heterocycles. The van der Waals surface area contributed by atoms with Gasteiger partial charge in [-0.15, -0.1) is 11.3 Å². The van der Waals surface area contributed by atoms with E-state index in [-0.39, 0.29) is 0 Å². The van der Waals surface area contributed by atoms with Gasteiger partial charge in [0.2, 0.25) is 0 Å². The van der Waals surface area contributed by atoms with Crippen molar-refractivity contribution in [2.24, 2.45) is 0 Å². The zero-order valence-electron chi connectivity index (χ0n) is 16.8. The molecule has 0 amide bonds. The van der Waals surface area contributed by atoms with E-state index in [1.807, 2.05) is 12.1 Å². The number of hydrogen-bond acceptors (Lipinski definition) is 6. The van der Waals surface area contributed by atoms with Gasteiger partial charge in [0.1, 0.15) is 22.7 Å². The van der Waals surface area contributed by atoms with Crippen molar-refractivity contribution in [2.75, 3.05) is 11.9 Å². The summed E-state index contributed by atoms with van der Waals surface area (Å²) < 4.78 is 6.84. The van der Waals surface area contributed by atoms with Crippen LogP contribution < -0.4 is 5.32 Å². The maximum absolute atomic E-state index is 5.72. The van der Waals surface area contributed by atoms with Crippen molar-refractivity contribution in [3.63, 3.8) is 0 Å². The lowest BCUT2D eigenvalue weighted by atomic mass is 9.88. The second-order valence-corrected chi connectivity index (χ2v) is 8.77. The predicted octanol–water partition coefficient (Wildman–Crippen LogP) is 6.37. The molecule has 0 fully saturated rings. The summed E-state index contributed by atoms with van der Waals surface area (Å²) in [5.74, 6) is 1.81. The van der Waals surface area contributed by atoms with Gasteiger partial charge in [-0.05, 0) is 55.4 Å². The van der Waals surface area contributed by atoms with E-state index in [0.29, 0.717) is 0 Å². The van der Waals surface area contributed by atoms with Crippen LogP contribution in [0.4, 0.5) is 5.82 Å². The van der Waals surface area contributed by atoms with Crippen molar-refractivity contribution in [1.29, 1.82) is 0 Å². The number of nitrogens with one attached hydrogen (secondary N) is 1. The molecule has 0 radical (unpaired) electrons. The lowest BCUT2D eigenvalue weighted by Crippen LogP contribution is -2.07. The molecule has 0 bridgehead atoms. The van der Waals surface area contributed by atoms with Crippen molar-refractivity contribution in [3.8, 4) is 11.5 Å². The third kappa shape index (κ3) is 3.39. The Morgan fingerprint density at radius 3 is 2.83 bits per heavy atom. The van der Waals surface area contributed by atoms with Crippen molar-refractivity contribution >= 4 is 37.6 Å².